The number of hydrogen-bond donors (Lipinski definition) is 6. The van der Waals surface area contributed by atoms with Gasteiger partial charge in [0.2, 0.25) is 0 Å². The number of phosphoric ester groups is 1. The van der Waals surface area contributed by atoms with Crippen LogP contribution in [-0.4, -0.2) is 111 Å². The Bertz CT molecular complexity index is 1460. The van der Waals surface area contributed by atoms with Crippen molar-refractivity contribution in [2.75, 3.05) is 13.2 Å². The summed E-state index contributed by atoms with van der Waals surface area (Å²) in [5.74, 6) is -1.22. The van der Waals surface area contributed by atoms with Gasteiger partial charge in [-0.1, -0.05) is 138 Å². The molecule has 14 nitrogen and oxygen atoms in total. The zero-order valence-corrected chi connectivity index (χ0v) is 39.4. The highest BCUT2D eigenvalue weighted by Crippen LogP contribution is 2.47. The van der Waals surface area contributed by atoms with Crippen molar-refractivity contribution in [3.63, 3.8) is 0 Å². The molecule has 2 aliphatic rings. The van der Waals surface area contributed by atoms with E-state index in [1.807, 2.05) is 18.2 Å². The summed E-state index contributed by atoms with van der Waals surface area (Å²) in [6.45, 7) is 3.15. The van der Waals surface area contributed by atoms with Crippen LogP contribution in [0.15, 0.2) is 72.9 Å². The summed E-state index contributed by atoms with van der Waals surface area (Å²) < 4.78 is 39.3. The Labute approximate surface area is 382 Å². The molecule has 5 unspecified atom stereocenters. The molecule has 0 bridgehead atoms. The molecular weight excluding hydrogens is 843 g/mol. The van der Waals surface area contributed by atoms with Gasteiger partial charge >= 0.3 is 19.8 Å². The van der Waals surface area contributed by atoms with E-state index in [2.05, 4.69) is 68.5 Å². The van der Waals surface area contributed by atoms with E-state index in [0.717, 1.165) is 70.6 Å². The highest BCUT2D eigenvalue weighted by atomic mass is 31.2. The Kier molecular flexibility index (Phi) is 31.8. The van der Waals surface area contributed by atoms with E-state index in [1.165, 1.54) is 38.5 Å². The molecule has 0 aromatic heterocycles. The van der Waals surface area contributed by atoms with Crippen molar-refractivity contribution in [3.8, 4) is 0 Å². The van der Waals surface area contributed by atoms with Gasteiger partial charge in [0.05, 0.1) is 18.8 Å². The van der Waals surface area contributed by atoms with E-state index in [0.29, 0.717) is 31.5 Å². The lowest BCUT2D eigenvalue weighted by Crippen LogP contribution is -2.64. The molecule has 1 saturated heterocycles. The van der Waals surface area contributed by atoms with Gasteiger partial charge in [0.15, 0.2) is 6.10 Å². The number of esters is 2. The SMILES string of the molecule is CCCCC/C=C\C/C=C\C/C=C\C/C=C\C/C=C\CCC(=O)OC[C@H](COP(=O)(O)OC1[C@H](O)[C@H](O)C(O)[C@H](O)[C@H]1O)OC(=O)CCCCCCCC1OC1C/C=C\CCCCC. The van der Waals surface area contributed by atoms with Gasteiger partial charge in [-0.25, -0.2) is 4.57 Å². The number of ether oxygens (including phenoxy) is 3. The van der Waals surface area contributed by atoms with Crippen LogP contribution in [0, 0.1) is 0 Å². The zero-order valence-electron chi connectivity index (χ0n) is 38.5. The fourth-order valence-corrected chi connectivity index (χ4v) is 7.95. The predicted octanol–water partition coefficient (Wildman–Crippen LogP) is 8.49. The zero-order chi connectivity index (χ0) is 46.8. The number of aliphatic hydroxyl groups is 5. The summed E-state index contributed by atoms with van der Waals surface area (Å²) in [5, 5.41) is 50.2. The average Bonchev–Trinajstić information content (AvgIpc) is 4.03. The molecule has 366 valence electrons. The maximum atomic E-state index is 12.8. The number of carbonyl (C=O) groups is 2. The quantitative estimate of drug-likeness (QED) is 0.0113. The minimum Gasteiger partial charge on any atom is -0.462 e. The van der Waals surface area contributed by atoms with Gasteiger partial charge in [0.1, 0.15) is 43.2 Å². The number of epoxide rings is 1. The number of phosphoric acid groups is 1. The molecule has 0 spiro atoms. The van der Waals surface area contributed by atoms with Crippen LogP contribution in [0.3, 0.4) is 0 Å². The van der Waals surface area contributed by atoms with Crippen molar-refractivity contribution in [3.05, 3.63) is 72.9 Å². The molecular formula is C49H81O14P. The van der Waals surface area contributed by atoms with Crippen LogP contribution in [0.2, 0.25) is 0 Å². The summed E-state index contributed by atoms with van der Waals surface area (Å²) >= 11 is 0. The van der Waals surface area contributed by atoms with Crippen LogP contribution in [-0.2, 0) is 37.4 Å². The molecule has 64 heavy (non-hydrogen) atoms. The second-order valence-corrected chi connectivity index (χ2v) is 18.0. The number of rotatable bonds is 37. The molecule has 0 aromatic carbocycles. The van der Waals surface area contributed by atoms with Gasteiger partial charge in [-0.2, -0.15) is 0 Å². The van der Waals surface area contributed by atoms with Gasteiger partial charge in [-0.3, -0.25) is 18.6 Å². The van der Waals surface area contributed by atoms with E-state index >= 15 is 0 Å². The first-order chi connectivity index (χ1) is 30.9. The van der Waals surface area contributed by atoms with Gasteiger partial charge in [0, 0.05) is 12.8 Å². The van der Waals surface area contributed by atoms with Crippen LogP contribution < -0.4 is 0 Å². The summed E-state index contributed by atoms with van der Waals surface area (Å²) in [5.41, 5.74) is 0. The fourth-order valence-electron chi connectivity index (χ4n) is 6.98. The summed E-state index contributed by atoms with van der Waals surface area (Å²) in [6.07, 6.45) is 32.7. The minimum absolute atomic E-state index is 0.0336. The first-order valence-electron chi connectivity index (χ1n) is 23.9. The van der Waals surface area contributed by atoms with Crippen molar-refractivity contribution in [1.29, 1.82) is 0 Å². The Balaban J connectivity index is 1.74. The third-order valence-electron chi connectivity index (χ3n) is 11.0. The lowest BCUT2D eigenvalue weighted by atomic mass is 9.85. The molecule has 10 atom stereocenters. The third kappa shape index (κ3) is 27.0. The molecule has 2 rings (SSSR count). The van der Waals surface area contributed by atoms with Crippen LogP contribution in [0.25, 0.3) is 0 Å². The number of unbranched alkanes of at least 4 members (excludes halogenated alkanes) is 10. The smallest absolute Gasteiger partial charge is 0.462 e. The van der Waals surface area contributed by atoms with Crippen LogP contribution in [0.1, 0.15) is 155 Å². The normalized spacial score (nSPS) is 25.4. The van der Waals surface area contributed by atoms with Gasteiger partial charge < -0.3 is 44.6 Å². The minimum atomic E-state index is -5.15. The van der Waals surface area contributed by atoms with Crippen molar-refractivity contribution in [1.82, 2.24) is 0 Å². The van der Waals surface area contributed by atoms with E-state index in [4.69, 9.17) is 23.3 Å². The summed E-state index contributed by atoms with van der Waals surface area (Å²) in [7, 11) is -5.15. The van der Waals surface area contributed by atoms with Gasteiger partial charge in [-0.15, -0.1) is 0 Å². The van der Waals surface area contributed by atoms with E-state index in [1.54, 1.807) is 0 Å². The summed E-state index contributed by atoms with van der Waals surface area (Å²) in [4.78, 5) is 35.7. The number of hydrogen-bond acceptors (Lipinski definition) is 13. The fraction of sp³-hybridized carbons (Fsp3) is 0.714. The van der Waals surface area contributed by atoms with Gasteiger partial charge in [0.25, 0.3) is 0 Å². The van der Waals surface area contributed by atoms with Crippen molar-refractivity contribution >= 4 is 19.8 Å². The summed E-state index contributed by atoms with van der Waals surface area (Å²) in [6, 6.07) is 0. The van der Waals surface area contributed by atoms with Crippen LogP contribution in [0.5, 0.6) is 0 Å². The second-order valence-electron chi connectivity index (χ2n) is 16.6. The molecule has 1 aliphatic heterocycles. The lowest BCUT2D eigenvalue weighted by molar-refractivity contribution is -0.220. The molecule has 15 heteroatoms. The van der Waals surface area contributed by atoms with E-state index in [9.17, 15) is 44.6 Å². The van der Waals surface area contributed by atoms with Crippen molar-refractivity contribution < 1.29 is 67.8 Å². The molecule has 1 saturated carbocycles. The Hall–Kier alpha value is -2.75. The molecule has 0 amide bonds. The number of carbonyl (C=O) groups excluding carboxylic acids is 2. The van der Waals surface area contributed by atoms with Gasteiger partial charge in [-0.05, 0) is 77.0 Å². The van der Waals surface area contributed by atoms with Crippen molar-refractivity contribution in [2.45, 2.75) is 210 Å². The van der Waals surface area contributed by atoms with E-state index < -0.39 is 75.7 Å². The first-order valence-corrected chi connectivity index (χ1v) is 25.4. The topological polar surface area (TPSA) is 222 Å². The highest BCUT2D eigenvalue weighted by molar-refractivity contribution is 7.47. The van der Waals surface area contributed by atoms with E-state index in [-0.39, 0.29) is 12.8 Å². The van der Waals surface area contributed by atoms with Crippen molar-refractivity contribution in [2.24, 2.45) is 0 Å². The molecule has 1 heterocycles. The maximum absolute atomic E-state index is 12.8. The molecule has 2 fully saturated rings. The average molecular weight is 925 g/mol. The standard InChI is InChI=1S/C49H81O14P/c1-3-5-7-9-11-12-13-14-15-16-17-18-19-20-21-22-23-27-31-35-42(50)59-37-39(38-60-64(57,58)63-49-47(55)45(53)44(52)46(54)48(49)56)61-43(51)36-32-28-24-26-30-34-41-40(62-41)33-29-25-10-8-6-4-2/h11-12,14-15,17-18,20-21,23,25,27,29,39-41,44-49,52-56H,3-10,13,16,19,22,24,26,28,30-38H2,1-2H3,(H,57,58)/b12-11-,15-14-,18-17-,21-20-,27-23-,29-25-/t39-,40?,41?,44?,45-,46+,47-,48-,49?/m1/s1. The predicted molar refractivity (Wildman–Crippen MR) is 248 cm³/mol. The molecule has 0 aromatic rings. The monoisotopic (exact) mass is 925 g/mol. The molecule has 6 N–H and O–H groups in total. The second kappa shape index (κ2) is 35.4. The lowest BCUT2D eigenvalue weighted by Gasteiger charge is -2.41. The molecule has 1 aliphatic carbocycles. The van der Waals surface area contributed by atoms with Crippen LogP contribution in [0.4, 0.5) is 0 Å². The number of allylic oxidation sites excluding steroid dienone is 11. The number of aliphatic hydroxyl groups excluding tert-OH is 5. The Morgan fingerprint density at radius 3 is 1.64 bits per heavy atom. The molecule has 0 radical (unpaired) electrons. The largest absolute Gasteiger partial charge is 0.472 e. The highest BCUT2D eigenvalue weighted by Gasteiger charge is 2.51. The first kappa shape index (κ1) is 57.4. The maximum Gasteiger partial charge on any atom is 0.472 e. The Morgan fingerprint density at radius 1 is 0.562 bits per heavy atom. The van der Waals surface area contributed by atoms with Crippen LogP contribution >= 0.6 is 7.82 Å². The third-order valence-corrected chi connectivity index (χ3v) is 11.9. The Morgan fingerprint density at radius 2 is 1.06 bits per heavy atom.